The Labute approximate surface area is 129 Å². The van der Waals surface area contributed by atoms with E-state index in [1.165, 1.54) is 11.8 Å². The fourth-order valence-electron chi connectivity index (χ4n) is 1.62. The summed E-state index contributed by atoms with van der Waals surface area (Å²) in [5, 5.41) is 5.98. The highest BCUT2D eigenvalue weighted by Gasteiger charge is 2.23. The lowest BCUT2D eigenvalue weighted by atomic mass is 10.3. The summed E-state index contributed by atoms with van der Waals surface area (Å²) in [4.78, 5) is 17.9. The van der Waals surface area contributed by atoms with Gasteiger partial charge in [0.05, 0.1) is 10.6 Å². The number of carbonyl (C=O) groups excluding carboxylic acids is 1. The topological polar surface area (TPSA) is 41.5 Å². The molecule has 3 nitrogen and oxygen atoms in total. The highest BCUT2D eigenvalue weighted by molar-refractivity contribution is 8.18. The van der Waals surface area contributed by atoms with Crippen molar-refractivity contribution in [1.82, 2.24) is 5.32 Å². The maximum atomic E-state index is 11.9. The van der Waals surface area contributed by atoms with E-state index in [0.29, 0.717) is 15.1 Å². The molecular weight excluding hydrogens is 312 g/mol. The van der Waals surface area contributed by atoms with Crippen molar-refractivity contribution >= 4 is 57.5 Å². The number of hydrogen-bond donors (Lipinski definition) is 1. The summed E-state index contributed by atoms with van der Waals surface area (Å²) in [7, 11) is 0. The van der Waals surface area contributed by atoms with Gasteiger partial charge in [-0.15, -0.1) is 11.3 Å². The largest absolute Gasteiger partial charge is 0.300 e. The summed E-state index contributed by atoms with van der Waals surface area (Å²) in [6.07, 6.45) is 1.87. The normalized spacial score (nSPS) is 18.8. The number of halogens is 1. The third kappa shape index (κ3) is 3.12. The average molecular weight is 321 g/mol. The van der Waals surface area contributed by atoms with Crippen molar-refractivity contribution < 1.29 is 4.79 Å². The van der Waals surface area contributed by atoms with Gasteiger partial charge in [-0.05, 0) is 53.5 Å². The molecule has 1 saturated heterocycles. The minimum atomic E-state index is -0.115. The van der Waals surface area contributed by atoms with E-state index in [2.05, 4.69) is 10.3 Å². The molecule has 0 saturated carbocycles. The monoisotopic (exact) mass is 320 g/mol. The highest BCUT2D eigenvalue weighted by atomic mass is 35.5. The lowest BCUT2D eigenvalue weighted by Crippen LogP contribution is -2.19. The van der Waals surface area contributed by atoms with Crippen molar-refractivity contribution in [2.75, 3.05) is 0 Å². The van der Waals surface area contributed by atoms with E-state index in [0.717, 1.165) is 10.6 Å². The molecule has 3 rings (SSSR count). The summed E-state index contributed by atoms with van der Waals surface area (Å²) in [6, 6.07) is 11.1. The first kappa shape index (κ1) is 13.4. The third-order valence-electron chi connectivity index (χ3n) is 2.52. The zero-order valence-corrected chi connectivity index (χ0v) is 12.6. The second kappa shape index (κ2) is 5.83. The van der Waals surface area contributed by atoms with Gasteiger partial charge in [0, 0.05) is 9.90 Å². The summed E-state index contributed by atoms with van der Waals surface area (Å²) in [6.45, 7) is 0. The van der Waals surface area contributed by atoms with E-state index in [1.54, 1.807) is 23.5 Å². The number of thioether (sulfide) groups is 1. The number of nitrogens with zero attached hydrogens (tertiary/aromatic N) is 1. The standard InChI is InChI=1S/C14H9ClN2OS2/c15-9-3-5-10(6-4-9)16-14-17-13(18)12(20-14)8-11-2-1-7-19-11/h1-8H,(H,16,17,18)/b12-8+. The predicted molar refractivity (Wildman–Crippen MR) is 86.6 cm³/mol. The summed E-state index contributed by atoms with van der Waals surface area (Å²) in [5.74, 6) is -0.115. The van der Waals surface area contributed by atoms with Crippen LogP contribution in [0.2, 0.25) is 5.02 Å². The molecule has 0 unspecified atom stereocenters. The molecule has 1 N–H and O–H groups in total. The molecule has 20 heavy (non-hydrogen) atoms. The zero-order chi connectivity index (χ0) is 13.9. The van der Waals surface area contributed by atoms with Gasteiger partial charge in [-0.2, -0.15) is 0 Å². The molecular formula is C14H9ClN2OS2. The number of rotatable bonds is 2. The van der Waals surface area contributed by atoms with Crippen LogP contribution in [0.15, 0.2) is 51.7 Å². The molecule has 0 bridgehead atoms. The molecule has 6 heteroatoms. The fourth-order valence-corrected chi connectivity index (χ4v) is 3.31. The van der Waals surface area contributed by atoms with E-state index in [-0.39, 0.29) is 5.91 Å². The van der Waals surface area contributed by atoms with Crippen LogP contribution in [0.3, 0.4) is 0 Å². The minimum Gasteiger partial charge on any atom is -0.300 e. The van der Waals surface area contributed by atoms with Crippen molar-refractivity contribution in [3.8, 4) is 0 Å². The average Bonchev–Trinajstić information content (AvgIpc) is 3.04. The Balaban J connectivity index is 1.81. The van der Waals surface area contributed by atoms with Crippen LogP contribution in [0, 0.1) is 0 Å². The molecule has 2 aromatic rings. The van der Waals surface area contributed by atoms with Crippen LogP contribution >= 0.6 is 34.7 Å². The molecule has 1 aromatic carbocycles. The van der Waals surface area contributed by atoms with Gasteiger partial charge in [0.2, 0.25) is 0 Å². The Kier molecular flexibility index (Phi) is 3.91. The third-order valence-corrected chi connectivity index (χ3v) is 4.51. The van der Waals surface area contributed by atoms with Crippen molar-refractivity contribution in [2.45, 2.75) is 0 Å². The second-order valence-electron chi connectivity index (χ2n) is 3.97. The maximum Gasteiger partial charge on any atom is 0.264 e. The van der Waals surface area contributed by atoms with Gasteiger partial charge < -0.3 is 5.32 Å². The Morgan fingerprint density at radius 2 is 2.00 bits per heavy atom. The molecule has 100 valence electrons. The quantitative estimate of drug-likeness (QED) is 0.838. The van der Waals surface area contributed by atoms with Gasteiger partial charge in [-0.25, -0.2) is 4.99 Å². The lowest BCUT2D eigenvalue weighted by Gasteiger charge is -1.96. The maximum absolute atomic E-state index is 11.9. The SMILES string of the molecule is O=C1NC(=Nc2ccc(Cl)cc2)S/C1=C/c1cccs1. The van der Waals surface area contributed by atoms with Crippen LogP contribution in [-0.2, 0) is 4.79 Å². The zero-order valence-electron chi connectivity index (χ0n) is 10.2. The van der Waals surface area contributed by atoms with Gasteiger partial charge in [0.25, 0.3) is 5.91 Å². The first-order chi connectivity index (χ1) is 9.70. The first-order valence-electron chi connectivity index (χ1n) is 5.79. The van der Waals surface area contributed by atoms with Gasteiger partial charge >= 0.3 is 0 Å². The van der Waals surface area contributed by atoms with Crippen molar-refractivity contribution in [3.05, 3.63) is 56.6 Å². The molecule has 1 fully saturated rings. The summed E-state index contributed by atoms with van der Waals surface area (Å²) in [5.41, 5.74) is 0.759. The molecule has 0 aliphatic carbocycles. The molecule has 2 heterocycles. The van der Waals surface area contributed by atoms with E-state index < -0.39 is 0 Å². The van der Waals surface area contributed by atoms with Gasteiger partial charge in [0.1, 0.15) is 0 Å². The van der Waals surface area contributed by atoms with Crippen LogP contribution in [0.25, 0.3) is 6.08 Å². The minimum absolute atomic E-state index is 0.115. The molecule has 0 radical (unpaired) electrons. The summed E-state index contributed by atoms with van der Waals surface area (Å²) < 4.78 is 0. The first-order valence-corrected chi connectivity index (χ1v) is 7.87. The van der Waals surface area contributed by atoms with Gasteiger partial charge in [-0.1, -0.05) is 17.7 Å². The predicted octanol–water partition coefficient (Wildman–Crippen LogP) is 4.29. The number of nitrogens with one attached hydrogen (secondary N) is 1. The molecule has 1 aliphatic rings. The van der Waals surface area contributed by atoms with Crippen LogP contribution < -0.4 is 5.32 Å². The Bertz CT molecular complexity index is 690. The number of carbonyl (C=O) groups is 1. The van der Waals surface area contributed by atoms with E-state index in [4.69, 9.17) is 11.6 Å². The number of hydrogen-bond acceptors (Lipinski definition) is 4. The number of amidine groups is 1. The van der Waals surface area contributed by atoms with E-state index >= 15 is 0 Å². The Morgan fingerprint density at radius 3 is 2.70 bits per heavy atom. The number of amides is 1. The number of aliphatic imine (C=N–C) groups is 1. The van der Waals surface area contributed by atoms with Crippen molar-refractivity contribution in [2.24, 2.45) is 4.99 Å². The Hall–Kier alpha value is -1.56. The van der Waals surface area contributed by atoms with Crippen LogP contribution in [0.5, 0.6) is 0 Å². The van der Waals surface area contributed by atoms with Crippen LogP contribution in [0.4, 0.5) is 5.69 Å². The van der Waals surface area contributed by atoms with E-state index in [1.807, 2.05) is 35.7 Å². The summed E-state index contributed by atoms with van der Waals surface area (Å²) >= 11 is 8.76. The van der Waals surface area contributed by atoms with Gasteiger partial charge in [-0.3, -0.25) is 4.79 Å². The van der Waals surface area contributed by atoms with Crippen LogP contribution in [0.1, 0.15) is 4.88 Å². The molecule has 1 aromatic heterocycles. The molecule has 0 spiro atoms. The second-order valence-corrected chi connectivity index (χ2v) is 6.42. The molecule has 1 amide bonds. The fraction of sp³-hybridized carbons (Fsp3) is 0. The number of thiophene rings is 1. The van der Waals surface area contributed by atoms with Gasteiger partial charge in [0.15, 0.2) is 5.17 Å². The van der Waals surface area contributed by atoms with Crippen molar-refractivity contribution in [3.63, 3.8) is 0 Å². The van der Waals surface area contributed by atoms with E-state index in [9.17, 15) is 4.79 Å². The van der Waals surface area contributed by atoms with Crippen LogP contribution in [-0.4, -0.2) is 11.1 Å². The molecule has 1 aliphatic heterocycles. The number of benzene rings is 1. The smallest absolute Gasteiger partial charge is 0.264 e. The van der Waals surface area contributed by atoms with Crippen molar-refractivity contribution in [1.29, 1.82) is 0 Å². The Morgan fingerprint density at radius 1 is 1.20 bits per heavy atom. The lowest BCUT2D eigenvalue weighted by molar-refractivity contribution is -0.115. The highest BCUT2D eigenvalue weighted by Crippen LogP contribution is 2.29. The molecule has 0 atom stereocenters.